The van der Waals surface area contributed by atoms with Gasteiger partial charge in [-0.2, -0.15) is 0 Å². The van der Waals surface area contributed by atoms with Crippen LogP contribution in [-0.2, 0) is 25.8 Å². The zero-order chi connectivity index (χ0) is 19.4. The molecule has 0 aromatic heterocycles. The molecular formula is C20H28N2O4S. The third-order valence-corrected chi connectivity index (χ3v) is 6.76. The Morgan fingerprint density at radius 3 is 2.04 bits per heavy atom. The molecule has 1 aromatic carbocycles. The van der Waals surface area contributed by atoms with Crippen molar-refractivity contribution in [1.82, 2.24) is 10.6 Å². The van der Waals surface area contributed by atoms with E-state index in [1.165, 1.54) is 18.6 Å². The van der Waals surface area contributed by atoms with Gasteiger partial charge in [-0.05, 0) is 62.6 Å². The number of carbonyl (C=O) groups is 2. The summed E-state index contributed by atoms with van der Waals surface area (Å²) in [5.74, 6) is 0.183. The number of hydrogen-bond donors (Lipinski definition) is 2. The fourth-order valence-electron chi connectivity index (χ4n) is 3.69. The van der Waals surface area contributed by atoms with Crippen LogP contribution in [0.1, 0.15) is 50.5 Å². The Morgan fingerprint density at radius 1 is 0.926 bits per heavy atom. The summed E-state index contributed by atoms with van der Waals surface area (Å²) in [4.78, 5) is 24.7. The normalized spacial score (nSPS) is 23.3. The molecule has 0 aliphatic heterocycles. The SMILES string of the molecule is CS(=O)(=O)c1ccc(CC(=O)NC2CCC(C(=O)NC3CCC3)CC2)cc1. The number of amides is 2. The number of rotatable bonds is 6. The van der Waals surface area contributed by atoms with E-state index in [-0.39, 0.29) is 35.1 Å². The summed E-state index contributed by atoms with van der Waals surface area (Å²) in [6.07, 6.45) is 8.07. The van der Waals surface area contributed by atoms with Crippen LogP contribution in [0.4, 0.5) is 0 Å². The topological polar surface area (TPSA) is 92.3 Å². The van der Waals surface area contributed by atoms with Crippen LogP contribution in [0.3, 0.4) is 0 Å². The smallest absolute Gasteiger partial charge is 0.224 e. The van der Waals surface area contributed by atoms with Crippen molar-refractivity contribution in [3.8, 4) is 0 Å². The van der Waals surface area contributed by atoms with Crippen molar-refractivity contribution in [2.75, 3.05) is 6.26 Å². The molecule has 0 bridgehead atoms. The van der Waals surface area contributed by atoms with Crippen molar-refractivity contribution in [2.24, 2.45) is 5.92 Å². The molecule has 2 fully saturated rings. The molecule has 0 radical (unpaired) electrons. The summed E-state index contributed by atoms with van der Waals surface area (Å²) in [5, 5.41) is 6.17. The highest BCUT2D eigenvalue weighted by atomic mass is 32.2. The first kappa shape index (κ1) is 19.9. The lowest BCUT2D eigenvalue weighted by atomic mass is 9.84. The summed E-state index contributed by atoms with van der Waals surface area (Å²) >= 11 is 0. The molecule has 2 aliphatic carbocycles. The second-order valence-electron chi connectivity index (χ2n) is 7.85. The van der Waals surface area contributed by atoms with Gasteiger partial charge in [-0.1, -0.05) is 12.1 Å². The molecule has 6 nitrogen and oxygen atoms in total. The van der Waals surface area contributed by atoms with Crippen LogP contribution >= 0.6 is 0 Å². The summed E-state index contributed by atoms with van der Waals surface area (Å²) < 4.78 is 23.0. The molecule has 27 heavy (non-hydrogen) atoms. The highest BCUT2D eigenvalue weighted by Gasteiger charge is 2.29. The van der Waals surface area contributed by atoms with Crippen LogP contribution in [0.2, 0.25) is 0 Å². The van der Waals surface area contributed by atoms with E-state index in [4.69, 9.17) is 0 Å². The minimum absolute atomic E-state index is 0.0653. The maximum Gasteiger partial charge on any atom is 0.224 e. The van der Waals surface area contributed by atoms with E-state index in [2.05, 4.69) is 10.6 Å². The van der Waals surface area contributed by atoms with E-state index in [0.717, 1.165) is 50.3 Å². The first-order chi connectivity index (χ1) is 12.8. The molecule has 0 saturated heterocycles. The summed E-state index contributed by atoms with van der Waals surface area (Å²) in [6, 6.07) is 6.91. The van der Waals surface area contributed by atoms with Gasteiger partial charge in [-0.3, -0.25) is 9.59 Å². The van der Waals surface area contributed by atoms with E-state index in [9.17, 15) is 18.0 Å². The van der Waals surface area contributed by atoms with Crippen LogP contribution < -0.4 is 10.6 Å². The predicted octanol–water partition coefficient (Wildman–Crippen LogP) is 1.98. The van der Waals surface area contributed by atoms with Crippen molar-refractivity contribution in [2.45, 2.75) is 68.3 Å². The second kappa shape index (κ2) is 8.42. The second-order valence-corrected chi connectivity index (χ2v) is 9.86. The minimum atomic E-state index is -3.22. The zero-order valence-electron chi connectivity index (χ0n) is 15.7. The van der Waals surface area contributed by atoms with Gasteiger partial charge in [0.15, 0.2) is 9.84 Å². The lowest BCUT2D eigenvalue weighted by molar-refractivity contribution is -0.127. The van der Waals surface area contributed by atoms with Gasteiger partial charge in [0.25, 0.3) is 0 Å². The Morgan fingerprint density at radius 2 is 1.52 bits per heavy atom. The third-order valence-electron chi connectivity index (χ3n) is 5.63. The zero-order valence-corrected chi connectivity index (χ0v) is 16.6. The standard InChI is InChI=1S/C20H28N2O4S/c1-27(25,26)18-11-5-14(6-12-18)13-19(23)21-17-9-7-15(8-10-17)20(24)22-16-3-2-4-16/h5-6,11-12,15-17H,2-4,7-10,13H2,1H3,(H,21,23)(H,22,24). The largest absolute Gasteiger partial charge is 0.353 e. The first-order valence-electron chi connectivity index (χ1n) is 9.70. The molecule has 2 amide bonds. The number of hydrogen-bond acceptors (Lipinski definition) is 4. The van der Waals surface area contributed by atoms with E-state index >= 15 is 0 Å². The monoisotopic (exact) mass is 392 g/mol. The molecular weight excluding hydrogens is 364 g/mol. The molecule has 0 atom stereocenters. The molecule has 2 saturated carbocycles. The first-order valence-corrected chi connectivity index (χ1v) is 11.6. The van der Waals surface area contributed by atoms with Gasteiger partial charge in [0.1, 0.15) is 0 Å². The van der Waals surface area contributed by atoms with Gasteiger partial charge in [0.05, 0.1) is 11.3 Å². The average Bonchev–Trinajstić information content (AvgIpc) is 2.58. The van der Waals surface area contributed by atoms with Gasteiger partial charge < -0.3 is 10.6 Å². The van der Waals surface area contributed by atoms with Gasteiger partial charge in [0, 0.05) is 24.3 Å². The van der Waals surface area contributed by atoms with Crippen LogP contribution in [-0.4, -0.2) is 38.6 Å². The molecule has 1 aromatic rings. The quantitative estimate of drug-likeness (QED) is 0.774. The van der Waals surface area contributed by atoms with Crippen molar-refractivity contribution in [3.63, 3.8) is 0 Å². The van der Waals surface area contributed by atoms with E-state index in [1.54, 1.807) is 12.1 Å². The molecule has 0 unspecified atom stereocenters. The van der Waals surface area contributed by atoms with Crippen LogP contribution in [0.25, 0.3) is 0 Å². The Balaban J connectivity index is 1.42. The summed E-state index contributed by atoms with van der Waals surface area (Å²) in [5.41, 5.74) is 0.786. The average molecular weight is 393 g/mol. The van der Waals surface area contributed by atoms with Crippen LogP contribution in [0, 0.1) is 5.92 Å². The van der Waals surface area contributed by atoms with Crippen LogP contribution in [0.15, 0.2) is 29.2 Å². The number of nitrogens with one attached hydrogen (secondary N) is 2. The molecule has 3 rings (SSSR count). The van der Waals surface area contributed by atoms with E-state index < -0.39 is 9.84 Å². The lowest BCUT2D eigenvalue weighted by Crippen LogP contribution is -2.45. The fraction of sp³-hybridized carbons (Fsp3) is 0.600. The van der Waals surface area contributed by atoms with Gasteiger partial charge in [-0.15, -0.1) is 0 Å². The molecule has 0 spiro atoms. The molecule has 2 N–H and O–H groups in total. The van der Waals surface area contributed by atoms with Gasteiger partial charge in [0.2, 0.25) is 11.8 Å². The van der Waals surface area contributed by atoms with E-state index in [0.29, 0.717) is 6.04 Å². The van der Waals surface area contributed by atoms with E-state index in [1.807, 2.05) is 0 Å². The Bertz CT molecular complexity index is 777. The maximum atomic E-state index is 12.3. The van der Waals surface area contributed by atoms with Crippen molar-refractivity contribution in [1.29, 1.82) is 0 Å². The minimum Gasteiger partial charge on any atom is -0.353 e. The maximum absolute atomic E-state index is 12.3. The summed E-state index contributed by atoms with van der Waals surface area (Å²) in [7, 11) is -3.22. The Labute approximate surface area is 161 Å². The van der Waals surface area contributed by atoms with Crippen LogP contribution in [0.5, 0.6) is 0 Å². The fourth-order valence-corrected chi connectivity index (χ4v) is 4.32. The molecule has 0 heterocycles. The highest BCUT2D eigenvalue weighted by molar-refractivity contribution is 7.90. The molecule has 7 heteroatoms. The number of carbonyl (C=O) groups excluding carboxylic acids is 2. The third kappa shape index (κ3) is 5.54. The van der Waals surface area contributed by atoms with Crippen molar-refractivity contribution in [3.05, 3.63) is 29.8 Å². The van der Waals surface area contributed by atoms with Crippen molar-refractivity contribution < 1.29 is 18.0 Å². The van der Waals surface area contributed by atoms with Gasteiger partial charge in [-0.25, -0.2) is 8.42 Å². The molecule has 148 valence electrons. The highest BCUT2D eigenvalue weighted by Crippen LogP contribution is 2.26. The Kier molecular flexibility index (Phi) is 6.19. The number of benzene rings is 1. The van der Waals surface area contributed by atoms with Crippen molar-refractivity contribution >= 4 is 21.7 Å². The predicted molar refractivity (Wildman–Crippen MR) is 103 cm³/mol. The summed E-state index contributed by atoms with van der Waals surface area (Å²) in [6.45, 7) is 0. The lowest BCUT2D eigenvalue weighted by Gasteiger charge is -2.32. The Hall–Kier alpha value is -1.89. The van der Waals surface area contributed by atoms with Gasteiger partial charge >= 0.3 is 0 Å². The molecule has 2 aliphatic rings. The number of sulfone groups is 1.